The maximum absolute atomic E-state index is 6.26. The van der Waals surface area contributed by atoms with Crippen molar-refractivity contribution in [1.29, 1.82) is 0 Å². The van der Waals surface area contributed by atoms with E-state index in [4.69, 9.17) is 9.73 Å². The van der Waals surface area contributed by atoms with Gasteiger partial charge in [-0.3, -0.25) is 0 Å². The van der Waals surface area contributed by atoms with E-state index in [9.17, 15) is 0 Å². The molecule has 0 N–H and O–H groups in total. The van der Waals surface area contributed by atoms with Crippen LogP contribution in [-0.2, 0) is 11.2 Å². The molecular formula is C32H26NOP. The largest absolute Gasteiger partial charge is 0.475 e. The van der Waals surface area contributed by atoms with Gasteiger partial charge in [-0.25, -0.2) is 4.99 Å². The van der Waals surface area contributed by atoms with Crippen LogP contribution in [0, 0.1) is 0 Å². The van der Waals surface area contributed by atoms with Crippen LogP contribution >= 0.6 is 7.92 Å². The van der Waals surface area contributed by atoms with Crippen LogP contribution in [0.25, 0.3) is 10.8 Å². The third-order valence-corrected chi connectivity index (χ3v) is 8.95. The average molecular weight is 472 g/mol. The third-order valence-electron chi connectivity index (χ3n) is 6.45. The van der Waals surface area contributed by atoms with Gasteiger partial charge in [0.1, 0.15) is 6.61 Å². The molecule has 3 heteroatoms. The lowest BCUT2D eigenvalue weighted by molar-refractivity contribution is 0.317. The Kier molecular flexibility index (Phi) is 6.13. The van der Waals surface area contributed by atoms with Crippen LogP contribution < -0.4 is 15.9 Å². The van der Waals surface area contributed by atoms with Crippen LogP contribution in [0.5, 0.6) is 0 Å². The summed E-state index contributed by atoms with van der Waals surface area (Å²) < 4.78 is 6.26. The van der Waals surface area contributed by atoms with Gasteiger partial charge in [-0.05, 0) is 52.7 Å². The van der Waals surface area contributed by atoms with Gasteiger partial charge in [0.05, 0.1) is 6.04 Å². The van der Waals surface area contributed by atoms with Gasteiger partial charge in [-0.2, -0.15) is 0 Å². The summed E-state index contributed by atoms with van der Waals surface area (Å²) in [5, 5.41) is 6.51. The smallest absolute Gasteiger partial charge is 0.217 e. The standard InChI is InChI=1S/C32H26NOP/c1-3-15-27(16-4-1)35(28-17-5-2-6-18-28)31-21-10-9-20-30(31)32-33-26(23-34-32)22-25-14-11-13-24-12-7-8-19-29(24)25/h1-21,26H,22-23H2/t26-/m0/s1. The average Bonchev–Trinajstić information content (AvgIpc) is 3.39. The van der Waals surface area contributed by atoms with Gasteiger partial charge in [0, 0.05) is 5.56 Å². The maximum atomic E-state index is 6.26. The van der Waals surface area contributed by atoms with Crippen molar-refractivity contribution in [3.8, 4) is 0 Å². The maximum Gasteiger partial charge on any atom is 0.217 e. The number of hydrogen-bond donors (Lipinski definition) is 0. The zero-order chi connectivity index (χ0) is 23.5. The van der Waals surface area contributed by atoms with Gasteiger partial charge in [0.15, 0.2) is 0 Å². The Morgan fingerprint density at radius 2 is 1.29 bits per heavy atom. The van der Waals surface area contributed by atoms with Crippen molar-refractivity contribution < 1.29 is 4.74 Å². The molecule has 0 aliphatic carbocycles. The van der Waals surface area contributed by atoms with E-state index >= 15 is 0 Å². The molecule has 0 amide bonds. The minimum atomic E-state index is -0.730. The predicted octanol–water partition coefficient (Wildman–Crippen LogP) is 5.99. The Hall–Kier alpha value is -3.74. The van der Waals surface area contributed by atoms with Crippen LogP contribution in [-0.4, -0.2) is 18.5 Å². The zero-order valence-electron chi connectivity index (χ0n) is 19.4. The summed E-state index contributed by atoms with van der Waals surface area (Å²) >= 11 is 0. The van der Waals surface area contributed by atoms with E-state index in [0.717, 1.165) is 17.9 Å². The molecule has 0 unspecified atom stereocenters. The number of nitrogens with zero attached hydrogens (tertiary/aromatic N) is 1. The molecule has 1 heterocycles. The summed E-state index contributed by atoms with van der Waals surface area (Å²) in [6.45, 7) is 0.613. The first kappa shape index (κ1) is 21.8. The number of rotatable bonds is 6. The van der Waals surface area contributed by atoms with Gasteiger partial charge in [-0.1, -0.05) is 121 Å². The van der Waals surface area contributed by atoms with Crippen LogP contribution in [0.3, 0.4) is 0 Å². The van der Waals surface area contributed by atoms with Gasteiger partial charge >= 0.3 is 0 Å². The molecule has 0 radical (unpaired) electrons. The molecule has 170 valence electrons. The fourth-order valence-corrected chi connectivity index (χ4v) is 7.26. The highest BCUT2D eigenvalue weighted by Crippen LogP contribution is 2.35. The second-order valence-electron chi connectivity index (χ2n) is 8.77. The monoisotopic (exact) mass is 471 g/mol. The van der Waals surface area contributed by atoms with Crippen molar-refractivity contribution in [3.63, 3.8) is 0 Å². The Bertz CT molecular complexity index is 1440. The molecule has 6 rings (SSSR count). The van der Waals surface area contributed by atoms with E-state index in [1.165, 1.54) is 32.2 Å². The van der Waals surface area contributed by atoms with Gasteiger partial charge in [0.25, 0.3) is 0 Å². The summed E-state index contributed by atoms with van der Waals surface area (Å²) in [7, 11) is -0.730. The van der Waals surface area contributed by atoms with Gasteiger partial charge in [-0.15, -0.1) is 0 Å². The van der Waals surface area contributed by atoms with Crippen molar-refractivity contribution in [2.75, 3.05) is 6.61 Å². The molecule has 0 fully saturated rings. The Labute approximate surface area is 207 Å². The number of aliphatic imine (C=N–C) groups is 1. The molecule has 1 aliphatic rings. The summed E-state index contributed by atoms with van der Waals surface area (Å²) in [6, 6.07) is 45.4. The molecule has 1 aliphatic heterocycles. The SMILES string of the molecule is c1ccc(P(c2ccccc2)c2ccccc2C2=N[C@@H](Cc3cccc4ccccc34)CO2)cc1. The first-order chi connectivity index (χ1) is 17.4. The number of ether oxygens (including phenoxy) is 1. The quantitative estimate of drug-likeness (QED) is 0.279. The van der Waals surface area contributed by atoms with Crippen molar-refractivity contribution in [2.24, 2.45) is 4.99 Å². The molecule has 0 aromatic heterocycles. The summed E-state index contributed by atoms with van der Waals surface area (Å²) in [4.78, 5) is 5.10. The second-order valence-corrected chi connectivity index (χ2v) is 11.0. The molecule has 35 heavy (non-hydrogen) atoms. The first-order valence-electron chi connectivity index (χ1n) is 12.0. The Morgan fingerprint density at radius 3 is 2.06 bits per heavy atom. The van der Waals surface area contributed by atoms with Gasteiger partial charge < -0.3 is 4.74 Å². The molecule has 0 bridgehead atoms. The first-order valence-corrected chi connectivity index (χ1v) is 13.4. The van der Waals surface area contributed by atoms with E-state index < -0.39 is 7.92 Å². The van der Waals surface area contributed by atoms with Crippen molar-refractivity contribution in [2.45, 2.75) is 12.5 Å². The fraction of sp³-hybridized carbons (Fsp3) is 0.0938. The van der Waals surface area contributed by atoms with E-state index in [2.05, 4.69) is 127 Å². The van der Waals surface area contributed by atoms with Crippen LogP contribution in [0.2, 0.25) is 0 Å². The van der Waals surface area contributed by atoms with E-state index in [0.29, 0.717) is 6.61 Å². The second kappa shape index (κ2) is 9.86. The van der Waals surface area contributed by atoms with E-state index in [1.54, 1.807) is 0 Å². The molecule has 5 aromatic carbocycles. The lowest BCUT2D eigenvalue weighted by Crippen LogP contribution is -2.25. The topological polar surface area (TPSA) is 21.6 Å². The zero-order valence-corrected chi connectivity index (χ0v) is 20.3. The Balaban J connectivity index is 1.37. The fourth-order valence-electron chi connectivity index (χ4n) is 4.82. The summed E-state index contributed by atoms with van der Waals surface area (Å²) in [5.41, 5.74) is 2.43. The Morgan fingerprint density at radius 1 is 0.657 bits per heavy atom. The molecule has 5 aromatic rings. The van der Waals surface area contributed by atoms with Crippen molar-refractivity contribution in [3.05, 3.63) is 139 Å². The lowest BCUT2D eigenvalue weighted by atomic mass is 9.99. The normalized spacial score (nSPS) is 15.2. The molecule has 1 atom stereocenters. The lowest BCUT2D eigenvalue weighted by Gasteiger charge is -2.22. The van der Waals surface area contributed by atoms with Crippen molar-refractivity contribution >= 4 is 40.5 Å². The minimum Gasteiger partial charge on any atom is -0.475 e. The number of benzene rings is 5. The molecule has 2 nitrogen and oxygen atoms in total. The molecule has 0 spiro atoms. The molecule has 0 saturated heterocycles. The molecular weight excluding hydrogens is 445 g/mol. The predicted molar refractivity (Wildman–Crippen MR) is 149 cm³/mol. The van der Waals surface area contributed by atoms with Crippen LogP contribution in [0.15, 0.2) is 132 Å². The summed E-state index contributed by atoms with van der Waals surface area (Å²) in [6.07, 6.45) is 0.874. The van der Waals surface area contributed by atoms with Crippen LogP contribution in [0.1, 0.15) is 11.1 Å². The summed E-state index contributed by atoms with van der Waals surface area (Å²) in [5.74, 6) is 0.769. The van der Waals surface area contributed by atoms with E-state index in [-0.39, 0.29) is 6.04 Å². The number of hydrogen-bond acceptors (Lipinski definition) is 2. The highest BCUT2D eigenvalue weighted by atomic mass is 31.1. The van der Waals surface area contributed by atoms with E-state index in [1.807, 2.05) is 0 Å². The van der Waals surface area contributed by atoms with Crippen molar-refractivity contribution in [1.82, 2.24) is 0 Å². The number of fused-ring (bicyclic) bond motifs is 1. The minimum absolute atomic E-state index is 0.114. The van der Waals surface area contributed by atoms with Crippen LogP contribution in [0.4, 0.5) is 0 Å². The third kappa shape index (κ3) is 4.50. The highest BCUT2D eigenvalue weighted by molar-refractivity contribution is 7.80. The molecule has 0 saturated carbocycles. The highest BCUT2D eigenvalue weighted by Gasteiger charge is 2.26. The van der Waals surface area contributed by atoms with Gasteiger partial charge in [0.2, 0.25) is 5.90 Å².